The van der Waals surface area contributed by atoms with Gasteiger partial charge >= 0.3 is 12.1 Å². The van der Waals surface area contributed by atoms with Crippen molar-refractivity contribution < 1.29 is 32.3 Å². The van der Waals surface area contributed by atoms with E-state index >= 15 is 0 Å². The van der Waals surface area contributed by atoms with Gasteiger partial charge in [0.2, 0.25) is 5.91 Å². The summed E-state index contributed by atoms with van der Waals surface area (Å²) in [6, 6.07) is 1.61. The summed E-state index contributed by atoms with van der Waals surface area (Å²) in [7, 11) is 0. The van der Waals surface area contributed by atoms with Crippen LogP contribution in [0.1, 0.15) is 18.4 Å². The third-order valence-electron chi connectivity index (χ3n) is 3.14. The van der Waals surface area contributed by atoms with Crippen molar-refractivity contribution in [3.63, 3.8) is 0 Å². The number of alkyl halides is 3. The molecular weight excluding hydrogens is 282 g/mol. The van der Waals surface area contributed by atoms with Gasteiger partial charge in [0.15, 0.2) is 0 Å². The summed E-state index contributed by atoms with van der Waals surface area (Å²) < 4.78 is 50.5. The van der Waals surface area contributed by atoms with Crippen LogP contribution < -0.4 is 5.32 Å². The molecule has 0 aromatic heterocycles. The van der Waals surface area contributed by atoms with Crippen LogP contribution in [0.25, 0.3) is 0 Å². The summed E-state index contributed by atoms with van der Waals surface area (Å²) in [4.78, 5) is 22.6. The van der Waals surface area contributed by atoms with Crippen molar-refractivity contribution in [2.45, 2.75) is 19.0 Å². The first-order chi connectivity index (χ1) is 9.17. The van der Waals surface area contributed by atoms with Crippen molar-refractivity contribution in [1.29, 1.82) is 0 Å². The molecule has 2 rings (SSSR count). The second-order valence-electron chi connectivity index (χ2n) is 4.53. The Labute approximate surface area is 110 Å². The fourth-order valence-corrected chi connectivity index (χ4v) is 1.70. The number of halogens is 4. The largest absolute Gasteiger partial charge is 0.480 e. The average molecular weight is 291 g/mol. The summed E-state index contributed by atoms with van der Waals surface area (Å²) in [6.45, 7) is 0. The van der Waals surface area contributed by atoms with E-state index in [0.717, 1.165) is 6.07 Å². The molecule has 2 N–H and O–H groups in total. The van der Waals surface area contributed by atoms with Crippen molar-refractivity contribution in [3.8, 4) is 0 Å². The Morgan fingerprint density at radius 1 is 1.25 bits per heavy atom. The number of carboxylic acids is 1. The molecule has 1 fully saturated rings. The maximum absolute atomic E-state index is 13.5. The standard InChI is InChI=1S/C12H9F4NO3/c13-7-5-6(12(14,15)16)1-2-8(7)17-9(18)11(3-4-11)10(19)20/h1-2,5H,3-4H2,(H,17,18)(H,19,20). The van der Waals surface area contributed by atoms with Gasteiger partial charge in [-0.15, -0.1) is 0 Å². The van der Waals surface area contributed by atoms with Gasteiger partial charge < -0.3 is 10.4 Å². The minimum atomic E-state index is -4.69. The predicted molar refractivity (Wildman–Crippen MR) is 59.3 cm³/mol. The number of carboxylic acid groups (broad SMARTS) is 1. The van der Waals surface area contributed by atoms with Crippen molar-refractivity contribution in [2.75, 3.05) is 5.32 Å². The quantitative estimate of drug-likeness (QED) is 0.664. The zero-order valence-corrected chi connectivity index (χ0v) is 9.92. The van der Waals surface area contributed by atoms with Gasteiger partial charge in [0.25, 0.3) is 0 Å². The topological polar surface area (TPSA) is 66.4 Å². The van der Waals surface area contributed by atoms with Crippen LogP contribution in [-0.4, -0.2) is 17.0 Å². The third-order valence-corrected chi connectivity index (χ3v) is 3.14. The first-order valence-corrected chi connectivity index (χ1v) is 5.58. The van der Waals surface area contributed by atoms with Crippen LogP contribution in [-0.2, 0) is 15.8 Å². The molecule has 1 saturated carbocycles. The number of rotatable bonds is 3. The number of hydrogen-bond donors (Lipinski definition) is 2. The van der Waals surface area contributed by atoms with Crippen LogP contribution in [0.15, 0.2) is 18.2 Å². The monoisotopic (exact) mass is 291 g/mol. The van der Waals surface area contributed by atoms with Crippen molar-refractivity contribution in [1.82, 2.24) is 0 Å². The second-order valence-corrected chi connectivity index (χ2v) is 4.53. The first-order valence-electron chi connectivity index (χ1n) is 5.58. The molecule has 1 aromatic carbocycles. The number of amides is 1. The normalized spacial score (nSPS) is 16.6. The van der Waals surface area contributed by atoms with E-state index in [0.29, 0.717) is 6.07 Å². The lowest BCUT2D eigenvalue weighted by atomic mass is 10.1. The third kappa shape index (κ3) is 2.45. The highest BCUT2D eigenvalue weighted by molar-refractivity contribution is 6.10. The van der Waals surface area contributed by atoms with Crippen LogP contribution in [0.5, 0.6) is 0 Å². The highest BCUT2D eigenvalue weighted by Gasteiger charge is 2.57. The Morgan fingerprint density at radius 2 is 1.85 bits per heavy atom. The van der Waals surface area contributed by atoms with E-state index in [1.54, 1.807) is 0 Å². The lowest BCUT2D eigenvalue weighted by Crippen LogP contribution is -2.31. The highest BCUT2D eigenvalue weighted by atomic mass is 19.4. The van der Waals surface area contributed by atoms with E-state index in [1.807, 2.05) is 5.32 Å². The molecule has 0 saturated heterocycles. The number of aliphatic carboxylic acids is 1. The Kier molecular flexibility index (Phi) is 3.19. The highest BCUT2D eigenvalue weighted by Crippen LogP contribution is 2.47. The van der Waals surface area contributed by atoms with E-state index < -0.39 is 40.5 Å². The summed E-state index contributed by atoms with van der Waals surface area (Å²) in [5.74, 6) is -3.53. The minimum absolute atomic E-state index is 0.121. The van der Waals surface area contributed by atoms with Gasteiger partial charge in [-0.1, -0.05) is 0 Å². The number of carbonyl (C=O) groups excluding carboxylic acids is 1. The van der Waals surface area contributed by atoms with Crippen LogP contribution >= 0.6 is 0 Å². The molecule has 1 aliphatic carbocycles. The van der Waals surface area contributed by atoms with Crippen LogP contribution in [0.3, 0.4) is 0 Å². The van der Waals surface area contributed by atoms with Crippen molar-refractivity contribution >= 4 is 17.6 Å². The van der Waals surface area contributed by atoms with E-state index in [9.17, 15) is 27.2 Å². The Morgan fingerprint density at radius 3 is 2.25 bits per heavy atom. The van der Waals surface area contributed by atoms with E-state index in [2.05, 4.69) is 0 Å². The van der Waals surface area contributed by atoms with Crippen molar-refractivity contribution in [3.05, 3.63) is 29.6 Å². The lowest BCUT2D eigenvalue weighted by Gasteiger charge is -2.13. The van der Waals surface area contributed by atoms with Gasteiger partial charge in [-0.05, 0) is 31.0 Å². The molecule has 20 heavy (non-hydrogen) atoms. The zero-order valence-electron chi connectivity index (χ0n) is 9.92. The van der Waals surface area contributed by atoms with E-state index in [1.165, 1.54) is 0 Å². The summed E-state index contributed by atoms with van der Waals surface area (Å²) >= 11 is 0. The van der Waals surface area contributed by atoms with Crippen LogP contribution in [0.2, 0.25) is 0 Å². The molecule has 0 spiro atoms. The molecule has 0 atom stereocenters. The van der Waals surface area contributed by atoms with Gasteiger partial charge in [0.05, 0.1) is 11.3 Å². The lowest BCUT2D eigenvalue weighted by molar-refractivity contribution is -0.147. The molecule has 0 heterocycles. The van der Waals surface area contributed by atoms with Crippen LogP contribution in [0.4, 0.5) is 23.2 Å². The number of nitrogens with one attached hydrogen (secondary N) is 1. The van der Waals surface area contributed by atoms with Crippen molar-refractivity contribution in [2.24, 2.45) is 5.41 Å². The first kappa shape index (κ1) is 14.3. The number of anilines is 1. The fraction of sp³-hybridized carbons (Fsp3) is 0.333. The zero-order chi connectivity index (χ0) is 15.1. The second kappa shape index (κ2) is 4.46. The van der Waals surface area contributed by atoms with Gasteiger partial charge in [-0.3, -0.25) is 9.59 Å². The van der Waals surface area contributed by atoms with Crippen LogP contribution in [0, 0.1) is 11.2 Å². The SMILES string of the molecule is O=C(O)C1(C(=O)Nc2ccc(C(F)(F)F)cc2F)CC1. The molecule has 0 radical (unpaired) electrons. The minimum Gasteiger partial charge on any atom is -0.480 e. The van der Waals surface area contributed by atoms with E-state index in [4.69, 9.17) is 5.11 Å². The molecule has 0 unspecified atom stereocenters. The summed E-state index contributed by atoms with van der Waals surface area (Å²) in [5.41, 5.74) is -3.25. The summed E-state index contributed by atoms with van der Waals surface area (Å²) in [5, 5.41) is 10.9. The van der Waals surface area contributed by atoms with Gasteiger partial charge in [-0.25, -0.2) is 4.39 Å². The maximum atomic E-state index is 13.5. The summed E-state index contributed by atoms with van der Waals surface area (Å²) in [6.07, 6.45) is -4.45. The van der Waals surface area contributed by atoms with Gasteiger partial charge in [0, 0.05) is 0 Å². The molecule has 0 bridgehead atoms. The molecule has 8 heteroatoms. The Hall–Kier alpha value is -2.12. The molecule has 1 amide bonds. The maximum Gasteiger partial charge on any atom is 0.416 e. The Balaban J connectivity index is 2.19. The molecule has 108 valence electrons. The molecule has 1 aromatic rings. The molecular formula is C12H9F4NO3. The number of hydrogen-bond acceptors (Lipinski definition) is 2. The fourth-order valence-electron chi connectivity index (χ4n) is 1.70. The van der Waals surface area contributed by atoms with E-state index in [-0.39, 0.29) is 18.9 Å². The predicted octanol–water partition coefficient (Wildman–Crippen LogP) is 2.65. The van der Waals surface area contributed by atoms with Gasteiger partial charge in [-0.2, -0.15) is 13.2 Å². The smallest absolute Gasteiger partial charge is 0.416 e. The molecule has 1 aliphatic rings. The average Bonchev–Trinajstić information content (AvgIpc) is 3.11. The Bertz CT molecular complexity index is 579. The van der Waals surface area contributed by atoms with Gasteiger partial charge in [0.1, 0.15) is 11.2 Å². The molecule has 0 aliphatic heterocycles. The molecule has 4 nitrogen and oxygen atoms in total. The number of benzene rings is 1. The number of carbonyl (C=O) groups is 2.